The molecule has 0 radical (unpaired) electrons. The Balaban J connectivity index is 2.10. The molecule has 2 atom stereocenters. The van der Waals surface area contributed by atoms with Crippen molar-refractivity contribution in [2.45, 2.75) is 52.3 Å². The van der Waals surface area contributed by atoms with E-state index in [1.807, 2.05) is 0 Å². The Labute approximate surface area is 137 Å². The van der Waals surface area contributed by atoms with Gasteiger partial charge < -0.3 is 15.0 Å². The van der Waals surface area contributed by atoms with Gasteiger partial charge in [-0.2, -0.15) is 0 Å². The first-order valence-electron chi connectivity index (χ1n) is 8.03. The first kappa shape index (κ1) is 16.8. The zero-order chi connectivity index (χ0) is 15.2. The van der Waals surface area contributed by atoms with E-state index in [1.165, 1.54) is 22.1 Å². The van der Waals surface area contributed by atoms with E-state index >= 15 is 0 Å². The molecule has 0 saturated carbocycles. The van der Waals surface area contributed by atoms with Gasteiger partial charge in [-0.05, 0) is 44.0 Å². The lowest BCUT2D eigenvalue weighted by Gasteiger charge is -2.40. The van der Waals surface area contributed by atoms with Crippen LogP contribution in [0.5, 0.6) is 0 Å². The largest absolute Gasteiger partial charge is 0.375 e. The Morgan fingerprint density at radius 1 is 1.38 bits per heavy atom. The second-order valence-corrected chi connectivity index (χ2v) is 6.67. The van der Waals surface area contributed by atoms with Gasteiger partial charge in [0.25, 0.3) is 0 Å². The van der Waals surface area contributed by atoms with Crippen molar-refractivity contribution in [2.24, 2.45) is 0 Å². The summed E-state index contributed by atoms with van der Waals surface area (Å²) in [5.74, 6) is 0. The maximum atomic E-state index is 5.79. The van der Waals surface area contributed by atoms with Gasteiger partial charge in [0.15, 0.2) is 0 Å². The molecule has 0 aromatic heterocycles. The summed E-state index contributed by atoms with van der Waals surface area (Å²) in [5, 5.41) is 3.45. The number of hydrogen-bond acceptors (Lipinski definition) is 3. The monoisotopic (exact) mass is 354 g/mol. The number of benzene rings is 1. The van der Waals surface area contributed by atoms with Crippen LogP contribution in [0.1, 0.15) is 39.2 Å². The van der Waals surface area contributed by atoms with E-state index in [4.69, 9.17) is 4.74 Å². The second-order valence-electron chi connectivity index (χ2n) is 5.81. The zero-order valence-electron chi connectivity index (χ0n) is 13.4. The van der Waals surface area contributed by atoms with Crippen molar-refractivity contribution in [2.75, 3.05) is 24.6 Å². The zero-order valence-corrected chi connectivity index (χ0v) is 14.9. The minimum Gasteiger partial charge on any atom is -0.375 e. The molecular weight excluding hydrogens is 328 g/mol. The number of morpholine rings is 1. The molecule has 1 saturated heterocycles. The standard InChI is InChI=1S/C17H27BrN2O/c1-4-8-19-10-14-6-7-16(9-17(14)18)20-11-13(3)21-12-15(20)5-2/h6-7,9,13,15,19H,4-5,8,10-12H2,1-3H3. The van der Waals surface area contributed by atoms with E-state index in [1.54, 1.807) is 0 Å². The van der Waals surface area contributed by atoms with Gasteiger partial charge in [-0.25, -0.2) is 0 Å². The molecule has 1 fully saturated rings. The summed E-state index contributed by atoms with van der Waals surface area (Å²) in [6, 6.07) is 7.21. The Hall–Kier alpha value is -0.580. The van der Waals surface area contributed by atoms with E-state index in [0.717, 1.165) is 32.7 Å². The second kappa shape index (κ2) is 8.16. The predicted molar refractivity (Wildman–Crippen MR) is 93.0 cm³/mol. The third-order valence-electron chi connectivity index (χ3n) is 4.05. The molecule has 1 aromatic carbocycles. The number of hydrogen-bond donors (Lipinski definition) is 1. The van der Waals surface area contributed by atoms with Crippen molar-refractivity contribution >= 4 is 21.6 Å². The van der Waals surface area contributed by atoms with Crippen LogP contribution in [0.3, 0.4) is 0 Å². The van der Waals surface area contributed by atoms with E-state index in [-0.39, 0.29) is 0 Å². The maximum Gasteiger partial charge on any atom is 0.0723 e. The fourth-order valence-electron chi connectivity index (χ4n) is 2.76. The summed E-state index contributed by atoms with van der Waals surface area (Å²) in [6.45, 7) is 10.4. The molecule has 4 heteroatoms. The summed E-state index contributed by atoms with van der Waals surface area (Å²) in [7, 11) is 0. The van der Waals surface area contributed by atoms with Crippen LogP contribution < -0.4 is 10.2 Å². The molecule has 0 aliphatic carbocycles. The van der Waals surface area contributed by atoms with Gasteiger partial charge in [-0.1, -0.05) is 35.8 Å². The number of anilines is 1. The van der Waals surface area contributed by atoms with Crippen LogP contribution in [0.15, 0.2) is 22.7 Å². The molecule has 1 aromatic rings. The van der Waals surface area contributed by atoms with Gasteiger partial charge in [-0.15, -0.1) is 0 Å². The number of ether oxygens (including phenoxy) is 1. The number of rotatable bonds is 6. The van der Waals surface area contributed by atoms with Crippen LogP contribution in [0.4, 0.5) is 5.69 Å². The minimum atomic E-state index is 0.303. The van der Waals surface area contributed by atoms with Gasteiger partial charge in [0.2, 0.25) is 0 Å². The van der Waals surface area contributed by atoms with Crippen LogP contribution in [0.2, 0.25) is 0 Å². The minimum absolute atomic E-state index is 0.303. The Morgan fingerprint density at radius 3 is 2.86 bits per heavy atom. The van der Waals surface area contributed by atoms with Crippen LogP contribution in [0, 0.1) is 0 Å². The van der Waals surface area contributed by atoms with Crippen LogP contribution in [-0.4, -0.2) is 31.8 Å². The molecular formula is C17H27BrN2O. The highest BCUT2D eigenvalue weighted by Gasteiger charge is 2.25. The molecule has 2 unspecified atom stereocenters. The Morgan fingerprint density at radius 2 is 2.19 bits per heavy atom. The van der Waals surface area contributed by atoms with Crippen LogP contribution in [0.25, 0.3) is 0 Å². The summed E-state index contributed by atoms with van der Waals surface area (Å²) in [5.41, 5.74) is 2.62. The molecule has 0 spiro atoms. The molecule has 21 heavy (non-hydrogen) atoms. The number of nitrogens with zero attached hydrogens (tertiary/aromatic N) is 1. The van der Waals surface area contributed by atoms with Crippen molar-refractivity contribution in [3.63, 3.8) is 0 Å². The topological polar surface area (TPSA) is 24.5 Å². The molecule has 3 nitrogen and oxygen atoms in total. The summed E-state index contributed by atoms with van der Waals surface area (Å²) < 4.78 is 6.98. The van der Waals surface area contributed by atoms with Gasteiger partial charge in [-0.3, -0.25) is 0 Å². The van der Waals surface area contributed by atoms with Gasteiger partial charge in [0.05, 0.1) is 18.8 Å². The average Bonchev–Trinajstić information content (AvgIpc) is 2.49. The summed E-state index contributed by atoms with van der Waals surface area (Å²) >= 11 is 3.72. The lowest BCUT2D eigenvalue weighted by molar-refractivity contribution is 0.0299. The molecule has 1 N–H and O–H groups in total. The Kier molecular flexibility index (Phi) is 6.52. The van der Waals surface area contributed by atoms with Gasteiger partial charge in [0.1, 0.15) is 0 Å². The van der Waals surface area contributed by atoms with Gasteiger partial charge in [0, 0.05) is 23.2 Å². The van der Waals surface area contributed by atoms with E-state index < -0.39 is 0 Å². The van der Waals surface area contributed by atoms with E-state index in [0.29, 0.717) is 12.1 Å². The smallest absolute Gasteiger partial charge is 0.0723 e. The highest BCUT2D eigenvalue weighted by Crippen LogP contribution is 2.28. The summed E-state index contributed by atoms with van der Waals surface area (Å²) in [6.07, 6.45) is 2.58. The van der Waals surface area contributed by atoms with E-state index in [9.17, 15) is 0 Å². The molecule has 2 rings (SSSR count). The summed E-state index contributed by atoms with van der Waals surface area (Å²) in [4.78, 5) is 2.49. The quantitative estimate of drug-likeness (QED) is 0.782. The average molecular weight is 355 g/mol. The SMILES string of the molecule is CCCNCc1ccc(N2CC(C)OCC2CC)cc1Br. The van der Waals surface area contributed by atoms with Crippen molar-refractivity contribution in [3.8, 4) is 0 Å². The normalized spacial score (nSPS) is 22.6. The molecule has 1 aliphatic heterocycles. The van der Waals surface area contributed by atoms with Crippen molar-refractivity contribution in [3.05, 3.63) is 28.2 Å². The molecule has 0 amide bonds. The first-order valence-corrected chi connectivity index (χ1v) is 8.82. The fraction of sp³-hybridized carbons (Fsp3) is 0.647. The lowest BCUT2D eigenvalue weighted by atomic mass is 10.1. The van der Waals surface area contributed by atoms with Crippen molar-refractivity contribution < 1.29 is 4.74 Å². The fourth-order valence-corrected chi connectivity index (χ4v) is 3.26. The molecule has 1 aliphatic rings. The highest BCUT2D eigenvalue weighted by atomic mass is 79.9. The number of nitrogens with one attached hydrogen (secondary N) is 1. The molecule has 118 valence electrons. The first-order chi connectivity index (χ1) is 10.2. The third kappa shape index (κ3) is 4.44. The number of halogens is 1. The highest BCUT2D eigenvalue weighted by molar-refractivity contribution is 9.10. The van der Waals surface area contributed by atoms with Crippen LogP contribution >= 0.6 is 15.9 Å². The molecule has 1 heterocycles. The van der Waals surface area contributed by atoms with Gasteiger partial charge >= 0.3 is 0 Å². The molecule has 0 bridgehead atoms. The predicted octanol–water partition coefficient (Wildman–Crippen LogP) is 3.95. The van der Waals surface area contributed by atoms with Crippen LogP contribution in [-0.2, 0) is 11.3 Å². The third-order valence-corrected chi connectivity index (χ3v) is 4.79. The lowest BCUT2D eigenvalue weighted by Crippen LogP contribution is -2.48. The maximum absolute atomic E-state index is 5.79. The van der Waals surface area contributed by atoms with Crippen molar-refractivity contribution in [1.29, 1.82) is 0 Å². The van der Waals surface area contributed by atoms with E-state index in [2.05, 4.69) is 65.1 Å². The van der Waals surface area contributed by atoms with Crippen molar-refractivity contribution in [1.82, 2.24) is 5.32 Å². The Bertz CT molecular complexity index is 452.